The van der Waals surface area contributed by atoms with Crippen LogP contribution in [-0.2, 0) is 11.2 Å². The Hall–Kier alpha value is -0.380. The summed E-state index contributed by atoms with van der Waals surface area (Å²) in [6.07, 6.45) is 5.96. The van der Waals surface area contributed by atoms with Gasteiger partial charge >= 0.3 is 0 Å². The molecule has 0 aliphatic heterocycles. The van der Waals surface area contributed by atoms with E-state index in [9.17, 15) is 0 Å². The molecule has 1 fully saturated rings. The number of ether oxygens (including phenoxy) is 1. The van der Waals surface area contributed by atoms with Gasteiger partial charge in [0, 0.05) is 17.1 Å². The lowest BCUT2D eigenvalue weighted by Gasteiger charge is -2.37. The fourth-order valence-electron chi connectivity index (χ4n) is 3.31. The molecule has 19 heavy (non-hydrogen) atoms. The van der Waals surface area contributed by atoms with Crippen molar-refractivity contribution in [1.82, 2.24) is 5.32 Å². The summed E-state index contributed by atoms with van der Waals surface area (Å²) in [7, 11) is 2.06. The predicted octanol–water partition coefficient (Wildman–Crippen LogP) is 3.93. The van der Waals surface area contributed by atoms with Crippen molar-refractivity contribution < 1.29 is 4.74 Å². The second-order valence-electron chi connectivity index (χ2n) is 5.38. The van der Waals surface area contributed by atoms with E-state index >= 15 is 0 Å². The van der Waals surface area contributed by atoms with Crippen LogP contribution in [0.1, 0.15) is 38.2 Å². The minimum atomic E-state index is 0.0335. The molecule has 1 aromatic rings. The van der Waals surface area contributed by atoms with E-state index < -0.39 is 0 Å². The molecule has 0 bridgehead atoms. The molecule has 0 spiro atoms. The summed E-state index contributed by atoms with van der Waals surface area (Å²) in [5, 5.41) is 3.50. The molecule has 0 radical (unpaired) electrons. The summed E-state index contributed by atoms with van der Waals surface area (Å²) in [5.41, 5.74) is 1.39. The van der Waals surface area contributed by atoms with E-state index in [0.717, 1.165) is 17.5 Å². The predicted molar refractivity (Wildman–Crippen MR) is 83.5 cm³/mol. The van der Waals surface area contributed by atoms with Crippen molar-refractivity contribution in [3.05, 3.63) is 34.3 Å². The quantitative estimate of drug-likeness (QED) is 0.855. The van der Waals surface area contributed by atoms with E-state index in [2.05, 4.69) is 59.5 Å². The topological polar surface area (TPSA) is 21.3 Å². The fraction of sp³-hybridized carbons (Fsp3) is 0.625. The van der Waals surface area contributed by atoms with Gasteiger partial charge in [-0.3, -0.25) is 0 Å². The highest BCUT2D eigenvalue weighted by molar-refractivity contribution is 9.10. The van der Waals surface area contributed by atoms with Crippen LogP contribution in [0.4, 0.5) is 0 Å². The molecule has 2 rings (SSSR count). The number of halogens is 1. The maximum atomic E-state index is 6.17. The van der Waals surface area contributed by atoms with Crippen molar-refractivity contribution >= 4 is 15.9 Å². The Labute approximate surface area is 125 Å². The molecule has 0 amide bonds. The standard InChI is InChI=1S/C16H24BrNO/c1-3-19-16(9-4-5-10-16)15(18-2)12-13-7-6-8-14(17)11-13/h6-8,11,15,18H,3-5,9-10,12H2,1-2H3. The third-order valence-electron chi connectivity index (χ3n) is 4.19. The summed E-state index contributed by atoms with van der Waals surface area (Å²) in [5.74, 6) is 0. The average Bonchev–Trinajstić information content (AvgIpc) is 2.86. The van der Waals surface area contributed by atoms with Crippen LogP contribution in [-0.4, -0.2) is 25.3 Å². The van der Waals surface area contributed by atoms with Crippen LogP contribution in [0.25, 0.3) is 0 Å². The van der Waals surface area contributed by atoms with Gasteiger partial charge in [0.2, 0.25) is 0 Å². The van der Waals surface area contributed by atoms with Gasteiger partial charge in [-0.05, 0) is 50.9 Å². The molecule has 1 aliphatic rings. The Balaban J connectivity index is 2.14. The zero-order valence-electron chi connectivity index (χ0n) is 11.9. The van der Waals surface area contributed by atoms with Crippen LogP contribution in [0.15, 0.2) is 28.7 Å². The van der Waals surface area contributed by atoms with Crippen LogP contribution >= 0.6 is 15.9 Å². The van der Waals surface area contributed by atoms with Gasteiger partial charge in [0.25, 0.3) is 0 Å². The zero-order valence-corrected chi connectivity index (χ0v) is 13.5. The fourth-order valence-corrected chi connectivity index (χ4v) is 3.75. The van der Waals surface area contributed by atoms with E-state index in [1.54, 1.807) is 0 Å². The SMILES string of the molecule is CCOC1(C(Cc2cccc(Br)c2)NC)CCCC1. The largest absolute Gasteiger partial charge is 0.374 e. The lowest BCUT2D eigenvalue weighted by Crippen LogP contribution is -2.51. The van der Waals surface area contributed by atoms with E-state index in [0.29, 0.717) is 6.04 Å². The summed E-state index contributed by atoms with van der Waals surface area (Å²) >= 11 is 3.55. The van der Waals surface area contributed by atoms with Crippen molar-refractivity contribution in [1.29, 1.82) is 0 Å². The molecular weight excluding hydrogens is 302 g/mol. The Bertz CT molecular complexity index is 401. The van der Waals surface area contributed by atoms with Crippen molar-refractivity contribution in [2.75, 3.05) is 13.7 Å². The summed E-state index contributed by atoms with van der Waals surface area (Å²) < 4.78 is 7.32. The van der Waals surface area contributed by atoms with Crippen LogP contribution < -0.4 is 5.32 Å². The molecule has 1 aliphatic carbocycles. The van der Waals surface area contributed by atoms with Crippen molar-refractivity contribution in [3.8, 4) is 0 Å². The third-order valence-corrected chi connectivity index (χ3v) is 4.69. The van der Waals surface area contributed by atoms with Gasteiger partial charge in [-0.25, -0.2) is 0 Å². The molecule has 1 saturated carbocycles. The highest BCUT2D eigenvalue weighted by Crippen LogP contribution is 2.37. The monoisotopic (exact) mass is 325 g/mol. The Morgan fingerprint density at radius 2 is 2.11 bits per heavy atom. The van der Waals surface area contributed by atoms with Crippen molar-refractivity contribution in [2.24, 2.45) is 0 Å². The Kier molecular flexibility index (Phi) is 5.43. The molecule has 0 aromatic heterocycles. The Morgan fingerprint density at radius 3 is 2.68 bits per heavy atom. The molecule has 0 saturated heterocycles. The first-order chi connectivity index (χ1) is 9.20. The lowest BCUT2D eigenvalue weighted by atomic mass is 9.87. The maximum Gasteiger partial charge on any atom is 0.0837 e. The molecule has 106 valence electrons. The van der Waals surface area contributed by atoms with Gasteiger partial charge in [-0.1, -0.05) is 40.9 Å². The van der Waals surface area contributed by atoms with Gasteiger partial charge < -0.3 is 10.1 Å². The molecule has 1 atom stereocenters. The molecule has 2 nitrogen and oxygen atoms in total. The Morgan fingerprint density at radius 1 is 1.37 bits per heavy atom. The number of likely N-dealkylation sites (N-methyl/N-ethyl adjacent to an activating group) is 1. The number of benzene rings is 1. The van der Waals surface area contributed by atoms with Gasteiger partial charge in [-0.15, -0.1) is 0 Å². The highest BCUT2D eigenvalue weighted by Gasteiger charge is 2.41. The van der Waals surface area contributed by atoms with E-state index in [1.807, 2.05) is 0 Å². The number of hydrogen-bond acceptors (Lipinski definition) is 2. The van der Waals surface area contributed by atoms with Crippen LogP contribution in [0, 0.1) is 0 Å². The lowest BCUT2D eigenvalue weighted by molar-refractivity contribution is -0.0597. The van der Waals surface area contributed by atoms with Crippen LogP contribution in [0.5, 0.6) is 0 Å². The smallest absolute Gasteiger partial charge is 0.0837 e. The molecule has 1 unspecified atom stereocenters. The van der Waals surface area contributed by atoms with E-state index in [1.165, 1.54) is 31.2 Å². The second-order valence-corrected chi connectivity index (χ2v) is 6.30. The average molecular weight is 326 g/mol. The second kappa shape index (κ2) is 6.87. The number of hydrogen-bond donors (Lipinski definition) is 1. The summed E-state index contributed by atoms with van der Waals surface area (Å²) in [4.78, 5) is 0. The minimum Gasteiger partial charge on any atom is -0.374 e. The molecular formula is C16H24BrNO. The van der Waals surface area contributed by atoms with Gasteiger partial charge in [0.15, 0.2) is 0 Å². The third kappa shape index (κ3) is 3.59. The molecule has 1 aromatic carbocycles. The number of rotatable bonds is 6. The van der Waals surface area contributed by atoms with Gasteiger partial charge in [-0.2, -0.15) is 0 Å². The molecule has 1 N–H and O–H groups in total. The van der Waals surface area contributed by atoms with Crippen LogP contribution in [0.3, 0.4) is 0 Å². The molecule has 0 heterocycles. The van der Waals surface area contributed by atoms with Gasteiger partial charge in [0.1, 0.15) is 0 Å². The summed E-state index contributed by atoms with van der Waals surface area (Å²) in [6.45, 7) is 2.91. The van der Waals surface area contributed by atoms with Crippen molar-refractivity contribution in [3.63, 3.8) is 0 Å². The van der Waals surface area contributed by atoms with Crippen molar-refractivity contribution in [2.45, 2.75) is 50.7 Å². The maximum absolute atomic E-state index is 6.17. The minimum absolute atomic E-state index is 0.0335. The summed E-state index contributed by atoms with van der Waals surface area (Å²) in [6, 6.07) is 8.98. The van der Waals surface area contributed by atoms with Crippen LogP contribution in [0.2, 0.25) is 0 Å². The zero-order chi connectivity index (χ0) is 13.7. The first-order valence-corrected chi connectivity index (χ1v) is 8.05. The first kappa shape index (κ1) is 15.0. The normalized spacial score (nSPS) is 19.5. The van der Waals surface area contributed by atoms with Gasteiger partial charge in [0.05, 0.1) is 5.60 Å². The number of nitrogens with one attached hydrogen (secondary N) is 1. The highest BCUT2D eigenvalue weighted by atomic mass is 79.9. The van der Waals surface area contributed by atoms with E-state index in [-0.39, 0.29) is 5.60 Å². The first-order valence-electron chi connectivity index (χ1n) is 7.26. The van der Waals surface area contributed by atoms with E-state index in [4.69, 9.17) is 4.74 Å². The molecule has 3 heteroatoms.